The molecule has 0 bridgehead atoms. The van der Waals surface area contributed by atoms with E-state index >= 15 is 0 Å². The second kappa shape index (κ2) is 5.13. The Morgan fingerprint density at radius 1 is 1.44 bits per heavy atom. The van der Waals surface area contributed by atoms with Crippen LogP contribution in [-0.4, -0.2) is 17.3 Å². The van der Waals surface area contributed by atoms with E-state index in [1.807, 2.05) is 20.8 Å². The topological polar surface area (TPSA) is 32.3 Å². The Labute approximate surface area is 100 Å². The minimum Gasteiger partial charge on any atom is -0.394 e. The maximum Gasteiger partial charge on any atom is 0.141 e. The normalized spacial score (nSPS) is 13.9. The first-order valence-corrected chi connectivity index (χ1v) is 5.55. The molecule has 0 saturated carbocycles. The Morgan fingerprint density at radius 2 is 2.06 bits per heavy atom. The van der Waals surface area contributed by atoms with E-state index in [1.54, 1.807) is 6.07 Å². The largest absolute Gasteiger partial charge is 0.394 e. The van der Waals surface area contributed by atoms with Gasteiger partial charge in [0.25, 0.3) is 0 Å². The highest BCUT2D eigenvalue weighted by Gasteiger charge is 2.18. The van der Waals surface area contributed by atoms with Crippen molar-refractivity contribution < 1.29 is 9.50 Å². The Hall–Kier alpha value is -0.640. The van der Waals surface area contributed by atoms with Gasteiger partial charge in [-0.3, -0.25) is 0 Å². The van der Waals surface area contributed by atoms with E-state index in [-0.39, 0.29) is 23.2 Å². The van der Waals surface area contributed by atoms with E-state index in [1.165, 1.54) is 12.1 Å². The summed E-state index contributed by atoms with van der Waals surface area (Å²) in [7, 11) is 0. The SMILES string of the molecule is CC(C)(C)NC(CO)c1ccc(F)c(Cl)c1. The number of rotatable bonds is 3. The summed E-state index contributed by atoms with van der Waals surface area (Å²) in [6.45, 7) is 5.95. The van der Waals surface area contributed by atoms with E-state index in [9.17, 15) is 9.50 Å². The van der Waals surface area contributed by atoms with E-state index in [2.05, 4.69) is 5.32 Å². The molecule has 0 fully saturated rings. The van der Waals surface area contributed by atoms with Crippen LogP contribution in [0.4, 0.5) is 4.39 Å². The van der Waals surface area contributed by atoms with Gasteiger partial charge in [0, 0.05) is 5.54 Å². The van der Waals surface area contributed by atoms with E-state index in [0.29, 0.717) is 0 Å². The van der Waals surface area contributed by atoms with E-state index < -0.39 is 5.82 Å². The molecule has 4 heteroatoms. The second-order valence-corrected chi connectivity index (χ2v) is 5.21. The third-order valence-electron chi connectivity index (χ3n) is 2.14. The number of benzene rings is 1. The number of halogens is 2. The van der Waals surface area contributed by atoms with Gasteiger partial charge in [0.2, 0.25) is 0 Å². The summed E-state index contributed by atoms with van der Waals surface area (Å²) in [6, 6.07) is 4.24. The Kier molecular flexibility index (Phi) is 4.30. The van der Waals surface area contributed by atoms with Gasteiger partial charge in [0.1, 0.15) is 5.82 Å². The standard InChI is InChI=1S/C12H17ClFNO/c1-12(2,3)15-11(7-16)8-4-5-10(14)9(13)6-8/h4-6,11,15-16H,7H2,1-3H3. The van der Waals surface area contributed by atoms with Crippen LogP contribution < -0.4 is 5.32 Å². The molecule has 0 aliphatic carbocycles. The second-order valence-electron chi connectivity index (χ2n) is 4.80. The van der Waals surface area contributed by atoms with Crippen LogP contribution in [0.2, 0.25) is 5.02 Å². The van der Waals surface area contributed by atoms with Crippen LogP contribution in [0.3, 0.4) is 0 Å². The predicted octanol–water partition coefficient (Wildman–Crippen LogP) is 2.90. The average molecular weight is 246 g/mol. The molecule has 1 atom stereocenters. The maximum atomic E-state index is 13.0. The lowest BCUT2D eigenvalue weighted by atomic mass is 10.0. The van der Waals surface area contributed by atoms with Crippen molar-refractivity contribution in [3.8, 4) is 0 Å². The zero-order valence-electron chi connectivity index (χ0n) is 9.72. The molecule has 0 aromatic heterocycles. The molecule has 0 saturated heterocycles. The van der Waals surface area contributed by atoms with Gasteiger partial charge in [0.05, 0.1) is 17.7 Å². The van der Waals surface area contributed by atoms with Crippen LogP contribution in [0.15, 0.2) is 18.2 Å². The number of nitrogens with one attached hydrogen (secondary N) is 1. The van der Waals surface area contributed by atoms with E-state index in [4.69, 9.17) is 11.6 Å². The smallest absolute Gasteiger partial charge is 0.141 e. The summed E-state index contributed by atoms with van der Waals surface area (Å²) in [6.07, 6.45) is 0. The fourth-order valence-corrected chi connectivity index (χ4v) is 1.68. The minimum atomic E-state index is -0.446. The summed E-state index contributed by atoms with van der Waals surface area (Å²) >= 11 is 5.70. The highest BCUT2D eigenvalue weighted by Crippen LogP contribution is 2.22. The molecule has 0 amide bonds. The quantitative estimate of drug-likeness (QED) is 0.858. The lowest BCUT2D eigenvalue weighted by Gasteiger charge is -2.27. The van der Waals surface area contributed by atoms with Crippen molar-refractivity contribution in [2.45, 2.75) is 32.4 Å². The number of aliphatic hydroxyl groups excluding tert-OH is 1. The highest BCUT2D eigenvalue weighted by atomic mass is 35.5. The Bertz CT molecular complexity index is 363. The van der Waals surface area contributed by atoms with Gasteiger partial charge in [-0.25, -0.2) is 4.39 Å². The molecule has 0 aliphatic heterocycles. The van der Waals surface area contributed by atoms with Crippen molar-refractivity contribution >= 4 is 11.6 Å². The van der Waals surface area contributed by atoms with Crippen molar-refractivity contribution in [2.24, 2.45) is 0 Å². The van der Waals surface area contributed by atoms with Crippen LogP contribution >= 0.6 is 11.6 Å². The van der Waals surface area contributed by atoms with Crippen LogP contribution in [0.5, 0.6) is 0 Å². The molecule has 1 rings (SSSR count). The fraction of sp³-hybridized carbons (Fsp3) is 0.500. The summed E-state index contributed by atoms with van der Waals surface area (Å²) < 4.78 is 13.0. The first kappa shape index (κ1) is 13.4. The molecule has 1 unspecified atom stereocenters. The zero-order valence-corrected chi connectivity index (χ0v) is 10.5. The van der Waals surface area contributed by atoms with Gasteiger partial charge in [-0.15, -0.1) is 0 Å². The molecule has 2 N–H and O–H groups in total. The molecule has 1 aromatic rings. The van der Waals surface area contributed by atoms with Gasteiger partial charge in [-0.1, -0.05) is 17.7 Å². The third kappa shape index (κ3) is 3.74. The van der Waals surface area contributed by atoms with Gasteiger partial charge in [-0.05, 0) is 38.5 Å². The lowest BCUT2D eigenvalue weighted by Crippen LogP contribution is -2.40. The van der Waals surface area contributed by atoms with Crippen LogP contribution in [0, 0.1) is 5.82 Å². The third-order valence-corrected chi connectivity index (χ3v) is 2.43. The highest BCUT2D eigenvalue weighted by molar-refractivity contribution is 6.30. The van der Waals surface area contributed by atoms with Crippen molar-refractivity contribution in [2.75, 3.05) is 6.61 Å². The molecule has 0 aliphatic rings. The van der Waals surface area contributed by atoms with Crippen molar-refractivity contribution in [1.82, 2.24) is 5.32 Å². The van der Waals surface area contributed by atoms with Crippen molar-refractivity contribution in [1.29, 1.82) is 0 Å². The fourth-order valence-electron chi connectivity index (χ4n) is 1.49. The Balaban J connectivity index is 2.91. The first-order valence-electron chi connectivity index (χ1n) is 5.17. The molecule has 0 radical (unpaired) electrons. The first-order chi connectivity index (χ1) is 7.33. The molecular formula is C12H17ClFNO. The number of aliphatic hydroxyl groups is 1. The molecule has 16 heavy (non-hydrogen) atoms. The van der Waals surface area contributed by atoms with E-state index in [0.717, 1.165) is 5.56 Å². The van der Waals surface area contributed by atoms with Crippen LogP contribution in [0.1, 0.15) is 32.4 Å². The summed E-state index contributed by atoms with van der Waals surface area (Å²) in [5.41, 5.74) is 0.651. The van der Waals surface area contributed by atoms with Crippen molar-refractivity contribution in [3.63, 3.8) is 0 Å². The van der Waals surface area contributed by atoms with Gasteiger partial charge in [0.15, 0.2) is 0 Å². The monoisotopic (exact) mass is 245 g/mol. The van der Waals surface area contributed by atoms with Crippen molar-refractivity contribution in [3.05, 3.63) is 34.6 Å². The summed E-state index contributed by atoms with van der Waals surface area (Å²) in [5.74, 6) is -0.446. The van der Waals surface area contributed by atoms with Crippen LogP contribution in [-0.2, 0) is 0 Å². The molecule has 1 aromatic carbocycles. The maximum absolute atomic E-state index is 13.0. The Morgan fingerprint density at radius 3 is 2.50 bits per heavy atom. The molecule has 0 spiro atoms. The minimum absolute atomic E-state index is 0.0563. The average Bonchev–Trinajstić information content (AvgIpc) is 2.17. The molecule has 0 heterocycles. The number of hydrogen-bond acceptors (Lipinski definition) is 2. The predicted molar refractivity (Wildman–Crippen MR) is 64.1 cm³/mol. The zero-order chi connectivity index (χ0) is 12.3. The van der Waals surface area contributed by atoms with Crippen LogP contribution in [0.25, 0.3) is 0 Å². The number of hydrogen-bond donors (Lipinski definition) is 2. The molecular weight excluding hydrogens is 229 g/mol. The summed E-state index contributed by atoms with van der Waals surface area (Å²) in [4.78, 5) is 0. The molecule has 2 nitrogen and oxygen atoms in total. The lowest BCUT2D eigenvalue weighted by molar-refractivity contribution is 0.217. The van der Waals surface area contributed by atoms with Gasteiger partial charge in [-0.2, -0.15) is 0 Å². The van der Waals surface area contributed by atoms with Gasteiger partial charge < -0.3 is 10.4 Å². The summed E-state index contributed by atoms with van der Waals surface area (Å²) in [5, 5.41) is 12.6. The molecule has 90 valence electrons. The van der Waals surface area contributed by atoms with Gasteiger partial charge >= 0.3 is 0 Å².